The van der Waals surface area contributed by atoms with E-state index in [1.165, 1.54) is 0 Å². The van der Waals surface area contributed by atoms with Crippen LogP contribution in [0.5, 0.6) is 23.0 Å². The largest absolute Gasteiger partial charge is 0.493 e. The summed E-state index contributed by atoms with van der Waals surface area (Å²) in [5.41, 5.74) is 1.57. The monoisotopic (exact) mass is 359 g/mol. The number of benzene rings is 2. The van der Waals surface area contributed by atoms with E-state index >= 15 is 0 Å². The van der Waals surface area contributed by atoms with E-state index in [2.05, 4.69) is 5.32 Å². The van der Waals surface area contributed by atoms with Gasteiger partial charge in [-0.1, -0.05) is 6.07 Å². The Kier molecular flexibility index (Phi) is 7.14. The van der Waals surface area contributed by atoms with E-state index in [4.69, 9.17) is 18.9 Å². The highest BCUT2D eigenvalue weighted by atomic mass is 16.5. The van der Waals surface area contributed by atoms with Crippen LogP contribution in [-0.2, 0) is 6.42 Å². The molecule has 0 heterocycles. The fourth-order valence-electron chi connectivity index (χ4n) is 2.54. The summed E-state index contributed by atoms with van der Waals surface area (Å²) in [5.74, 6) is 2.36. The summed E-state index contributed by atoms with van der Waals surface area (Å²) in [7, 11) is 4.75. The van der Waals surface area contributed by atoms with Crippen molar-refractivity contribution in [2.24, 2.45) is 0 Å². The van der Waals surface area contributed by atoms with Crippen molar-refractivity contribution in [3.8, 4) is 23.0 Å². The van der Waals surface area contributed by atoms with Gasteiger partial charge in [0.1, 0.15) is 0 Å². The van der Waals surface area contributed by atoms with E-state index in [0.29, 0.717) is 48.1 Å². The molecule has 0 saturated heterocycles. The molecule has 0 aliphatic rings. The van der Waals surface area contributed by atoms with Crippen molar-refractivity contribution in [3.63, 3.8) is 0 Å². The molecule has 1 N–H and O–H groups in total. The molecule has 2 aromatic rings. The molecule has 0 bridgehead atoms. The standard InChI is InChI=1S/C20H25NO5/c1-5-26-17-9-7-15(13-19(17)25-4)20(22)21-11-10-14-6-8-16(23-2)18(12-14)24-3/h6-9,12-13H,5,10-11H2,1-4H3,(H,21,22). The van der Waals surface area contributed by atoms with E-state index in [1.54, 1.807) is 39.5 Å². The quantitative estimate of drug-likeness (QED) is 0.745. The van der Waals surface area contributed by atoms with Gasteiger partial charge in [0, 0.05) is 12.1 Å². The average Bonchev–Trinajstić information content (AvgIpc) is 2.68. The normalized spacial score (nSPS) is 10.2. The molecule has 1 amide bonds. The number of hydrogen-bond acceptors (Lipinski definition) is 5. The fourth-order valence-corrected chi connectivity index (χ4v) is 2.54. The van der Waals surface area contributed by atoms with Crippen molar-refractivity contribution in [1.82, 2.24) is 5.32 Å². The van der Waals surface area contributed by atoms with Crippen LogP contribution in [-0.4, -0.2) is 40.4 Å². The van der Waals surface area contributed by atoms with Gasteiger partial charge in [-0.15, -0.1) is 0 Å². The first-order valence-corrected chi connectivity index (χ1v) is 8.42. The molecule has 0 unspecified atom stereocenters. The zero-order valence-electron chi connectivity index (χ0n) is 15.6. The van der Waals surface area contributed by atoms with Gasteiger partial charge in [-0.2, -0.15) is 0 Å². The Bertz CT molecular complexity index is 745. The van der Waals surface area contributed by atoms with Crippen molar-refractivity contribution >= 4 is 5.91 Å². The molecule has 0 saturated carbocycles. The second kappa shape index (κ2) is 9.56. The number of rotatable bonds is 9. The highest BCUT2D eigenvalue weighted by Gasteiger charge is 2.11. The molecule has 0 spiro atoms. The molecule has 2 aromatic carbocycles. The minimum atomic E-state index is -0.160. The van der Waals surface area contributed by atoms with Gasteiger partial charge in [0.25, 0.3) is 5.91 Å². The predicted octanol–water partition coefficient (Wildman–Crippen LogP) is 3.08. The minimum absolute atomic E-state index is 0.160. The van der Waals surface area contributed by atoms with Crippen LogP contribution in [0.4, 0.5) is 0 Å². The van der Waals surface area contributed by atoms with Gasteiger partial charge >= 0.3 is 0 Å². The van der Waals surface area contributed by atoms with Crippen LogP contribution in [0.15, 0.2) is 36.4 Å². The lowest BCUT2D eigenvalue weighted by Gasteiger charge is -2.12. The van der Waals surface area contributed by atoms with Gasteiger partial charge < -0.3 is 24.3 Å². The van der Waals surface area contributed by atoms with Gasteiger partial charge in [-0.25, -0.2) is 0 Å². The number of methoxy groups -OCH3 is 3. The third-order valence-corrected chi connectivity index (χ3v) is 3.87. The fraction of sp³-hybridized carbons (Fsp3) is 0.350. The van der Waals surface area contributed by atoms with Crippen LogP contribution in [0, 0.1) is 0 Å². The smallest absolute Gasteiger partial charge is 0.251 e. The number of ether oxygens (including phenoxy) is 4. The van der Waals surface area contributed by atoms with E-state index in [0.717, 1.165) is 5.56 Å². The second-order valence-electron chi connectivity index (χ2n) is 5.49. The van der Waals surface area contributed by atoms with Crippen LogP contribution < -0.4 is 24.3 Å². The van der Waals surface area contributed by atoms with Crippen LogP contribution in [0.2, 0.25) is 0 Å². The van der Waals surface area contributed by atoms with Gasteiger partial charge in [0.15, 0.2) is 23.0 Å². The Morgan fingerprint density at radius 1 is 0.885 bits per heavy atom. The average molecular weight is 359 g/mol. The lowest BCUT2D eigenvalue weighted by Crippen LogP contribution is -2.25. The highest BCUT2D eigenvalue weighted by Crippen LogP contribution is 2.28. The highest BCUT2D eigenvalue weighted by molar-refractivity contribution is 5.94. The Labute approximate surface area is 154 Å². The van der Waals surface area contributed by atoms with E-state index in [9.17, 15) is 4.79 Å². The summed E-state index contributed by atoms with van der Waals surface area (Å²) in [4.78, 5) is 12.3. The molecule has 2 rings (SSSR count). The molecule has 0 aromatic heterocycles. The van der Waals surface area contributed by atoms with Crippen molar-refractivity contribution in [2.75, 3.05) is 34.5 Å². The zero-order valence-corrected chi connectivity index (χ0v) is 15.6. The molecule has 0 radical (unpaired) electrons. The lowest BCUT2D eigenvalue weighted by atomic mass is 10.1. The van der Waals surface area contributed by atoms with Crippen molar-refractivity contribution in [3.05, 3.63) is 47.5 Å². The summed E-state index contributed by atoms with van der Waals surface area (Å²) in [6.07, 6.45) is 0.681. The Balaban J connectivity index is 1.96. The first-order chi connectivity index (χ1) is 12.6. The maximum absolute atomic E-state index is 12.3. The first-order valence-electron chi connectivity index (χ1n) is 8.42. The molecule has 140 valence electrons. The SMILES string of the molecule is CCOc1ccc(C(=O)NCCc2ccc(OC)c(OC)c2)cc1OC. The molecular formula is C20H25NO5. The van der Waals surface area contributed by atoms with Gasteiger partial charge in [0.05, 0.1) is 27.9 Å². The van der Waals surface area contributed by atoms with Gasteiger partial charge in [0.2, 0.25) is 0 Å². The zero-order chi connectivity index (χ0) is 18.9. The molecule has 6 heteroatoms. The maximum atomic E-state index is 12.3. The maximum Gasteiger partial charge on any atom is 0.251 e. The van der Waals surface area contributed by atoms with Gasteiger partial charge in [-0.05, 0) is 49.2 Å². The van der Waals surface area contributed by atoms with E-state index in [1.807, 2.05) is 25.1 Å². The molecule has 0 aliphatic carbocycles. The Morgan fingerprint density at radius 2 is 1.54 bits per heavy atom. The second-order valence-corrected chi connectivity index (χ2v) is 5.49. The van der Waals surface area contributed by atoms with Crippen LogP contribution in [0.25, 0.3) is 0 Å². The topological polar surface area (TPSA) is 66.0 Å². The molecule has 26 heavy (non-hydrogen) atoms. The number of amides is 1. The van der Waals surface area contributed by atoms with Crippen molar-refractivity contribution < 1.29 is 23.7 Å². The molecule has 0 aliphatic heterocycles. The number of carbonyl (C=O) groups excluding carboxylic acids is 1. The number of nitrogens with one attached hydrogen (secondary N) is 1. The summed E-state index contributed by atoms with van der Waals surface area (Å²) >= 11 is 0. The number of carbonyl (C=O) groups is 1. The van der Waals surface area contributed by atoms with E-state index < -0.39 is 0 Å². The Hall–Kier alpha value is -2.89. The lowest BCUT2D eigenvalue weighted by molar-refractivity contribution is 0.0953. The van der Waals surface area contributed by atoms with Crippen LogP contribution >= 0.6 is 0 Å². The van der Waals surface area contributed by atoms with Crippen molar-refractivity contribution in [2.45, 2.75) is 13.3 Å². The number of hydrogen-bond donors (Lipinski definition) is 1. The minimum Gasteiger partial charge on any atom is -0.493 e. The molecule has 0 fully saturated rings. The van der Waals surface area contributed by atoms with Crippen molar-refractivity contribution in [1.29, 1.82) is 0 Å². The van der Waals surface area contributed by atoms with Crippen LogP contribution in [0.1, 0.15) is 22.8 Å². The van der Waals surface area contributed by atoms with Gasteiger partial charge in [-0.3, -0.25) is 4.79 Å². The summed E-state index contributed by atoms with van der Waals surface area (Å²) in [5, 5.41) is 2.91. The summed E-state index contributed by atoms with van der Waals surface area (Å²) < 4.78 is 21.3. The van der Waals surface area contributed by atoms with E-state index in [-0.39, 0.29) is 5.91 Å². The first kappa shape index (κ1) is 19.4. The summed E-state index contributed by atoms with van der Waals surface area (Å²) in [6.45, 7) is 2.94. The predicted molar refractivity (Wildman–Crippen MR) is 99.7 cm³/mol. The third kappa shape index (κ3) is 4.81. The third-order valence-electron chi connectivity index (χ3n) is 3.87. The molecular weight excluding hydrogens is 334 g/mol. The molecule has 6 nitrogen and oxygen atoms in total. The molecule has 0 atom stereocenters. The Morgan fingerprint density at radius 3 is 2.19 bits per heavy atom. The van der Waals surface area contributed by atoms with Crippen LogP contribution in [0.3, 0.4) is 0 Å². The summed E-state index contributed by atoms with van der Waals surface area (Å²) in [6, 6.07) is 10.9.